The zero-order chi connectivity index (χ0) is 16.7. The maximum atomic E-state index is 11.1. The largest absolute Gasteiger partial charge is 0.493 e. The van der Waals surface area contributed by atoms with E-state index in [1.54, 1.807) is 20.2 Å². The predicted octanol–water partition coefficient (Wildman–Crippen LogP) is 1.72. The predicted molar refractivity (Wildman–Crippen MR) is 87.4 cm³/mol. The molecule has 0 aliphatic heterocycles. The summed E-state index contributed by atoms with van der Waals surface area (Å²) in [5, 5.41) is 10.1. The van der Waals surface area contributed by atoms with Crippen molar-refractivity contribution in [3.63, 3.8) is 0 Å². The number of aromatic amines is 1. The van der Waals surface area contributed by atoms with Crippen LogP contribution in [0.3, 0.4) is 0 Å². The fourth-order valence-electron chi connectivity index (χ4n) is 1.76. The van der Waals surface area contributed by atoms with E-state index in [9.17, 15) is 4.79 Å². The van der Waals surface area contributed by atoms with E-state index in [1.165, 1.54) is 0 Å². The summed E-state index contributed by atoms with van der Waals surface area (Å²) in [4.78, 5) is 14.9. The summed E-state index contributed by atoms with van der Waals surface area (Å²) < 4.78 is 10.9. The van der Waals surface area contributed by atoms with Crippen LogP contribution in [0.2, 0.25) is 0 Å². The van der Waals surface area contributed by atoms with Gasteiger partial charge in [0.15, 0.2) is 17.3 Å². The third kappa shape index (κ3) is 4.53. The van der Waals surface area contributed by atoms with Crippen molar-refractivity contribution in [2.45, 2.75) is 20.3 Å². The van der Waals surface area contributed by atoms with Gasteiger partial charge in [-0.25, -0.2) is 9.89 Å². The van der Waals surface area contributed by atoms with Gasteiger partial charge in [0.05, 0.1) is 19.9 Å². The Balaban J connectivity index is 2.12. The number of ether oxygens (including phenoxy) is 2. The molecule has 0 fully saturated rings. The van der Waals surface area contributed by atoms with Crippen LogP contribution < -0.4 is 20.6 Å². The zero-order valence-electron chi connectivity index (χ0n) is 13.3. The van der Waals surface area contributed by atoms with Gasteiger partial charge < -0.3 is 9.47 Å². The Hall–Kier alpha value is -2.90. The molecule has 8 heteroatoms. The van der Waals surface area contributed by atoms with Crippen LogP contribution in [0.25, 0.3) is 0 Å². The van der Waals surface area contributed by atoms with Crippen LogP contribution in [0.15, 0.2) is 28.1 Å². The summed E-state index contributed by atoms with van der Waals surface area (Å²) in [6, 6.07) is 5.49. The van der Waals surface area contributed by atoms with E-state index in [2.05, 4.69) is 25.7 Å². The van der Waals surface area contributed by atoms with E-state index >= 15 is 0 Å². The Morgan fingerprint density at radius 2 is 2.22 bits per heavy atom. The van der Waals surface area contributed by atoms with E-state index in [-0.39, 0.29) is 0 Å². The molecule has 1 aromatic heterocycles. The number of benzene rings is 1. The van der Waals surface area contributed by atoms with Gasteiger partial charge in [-0.15, -0.1) is 0 Å². The van der Waals surface area contributed by atoms with Gasteiger partial charge >= 0.3 is 5.69 Å². The number of anilines is 1. The first-order chi connectivity index (χ1) is 11.1. The van der Waals surface area contributed by atoms with E-state index in [4.69, 9.17) is 9.47 Å². The number of hydrogen-bond donors (Lipinski definition) is 2. The number of rotatable bonds is 7. The number of nitrogens with one attached hydrogen (secondary N) is 2. The monoisotopic (exact) mass is 317 g/mol. The molecule has 2 rings (SSSR count). The maximum Gasteiger partial charge on any atom is 0.363 e. The van der Waals surface area contributed by atoms with Crippen molar-refractivity contribution in [1.29, 1.82) is 0 Å². The molecule has 0 atom stereocenters. The van der Waals surface area contributed by atoms with Crippen molar-refractivity contribution in [2.24, 2.45) is 5.10 Å². The molecular formula is C15H19N5O3. The Bertz CT molecular complexity index is 742. The van der Waals surface area contributed by atoms with Crippen LogP contribution >= 0.6 is 0 Å². The Kier molecular flexibility index (Phi) is 5.67. The van der Waals surface area contributed by atoms with Gasteiger partial charge in [-0.3, -0.25) is 5.43 Å². The normalized spacial score (nSPS) is 10.7. The van der Waals surface area contributed by atoms with Crippen LogP contribution in [-0.4, -0.2) is 35.1 Å². The molecule has 2 N–H and O–H groups in total. The maximum absolute atomic E-state index is 11.1. The second-order valence-electron chi connectivity index (χ2n) is 4.70. The van der Waals surface area contributed by atoms with Crippen LogP contribution in [-0.2, 0) is 0 Å². The summed E-state index contributed by atoms with van der Waals surface area (Å²) in [6.45, 7) is 4.36. The van der Waals surface area contributed by atoms with Crippen molar-refractivity contribution in [3.8, 4) is 11.5 Å². The molecule has 0 amide bonds. The highest BCUT2D eigenvalue weighted by molar-refractivity contribution is 5.81. The molecule has 8 nitrogen and oxygen atoms in total. The fraction of sp³-hybridized carbons (Fsp3) is 0.333. The first kappa shape index (κ1) is 16.5. The molecule has 0 spiro atoms. The second kappa shape index (κ2) is 7.92. The van der Waals surface area contributed by atoms with Crippen LogP contribution in [0.5, 0.6) is 11.5 Å². The van der Waals surface area contributed by atoms with Crippen molar-refractivity contribution in [1.82, 2.24) is 15.2 Å². The van der Waals surface area contributed by atoms with Crippen molar-refractivity contribution >= 4 is 12.0 Å². The molecular weight excluding hydrogens is 298 g/mol. The van der Waals surface area contributed by atoms with E-state index in [1.807, 2.05) is 25.1 Å². The molecule has 1 heterocycles. The SMILES string of the molecule is CCCOc1cc(/C=N/Nc2nc(=O)[nH]nc2C)ccc1OC. The number of H-pyrrole nitrogens is 1. The molecule has 122 valence electrons. The van der Waals surface area contributed by atoms with Crippen LogP contribution in [0.1, 0.15) is 24.6 Å². The molecule has 0 bridgehead atoms. The van der Waals surface area contributed by atoms with Gasteiger partial charge in [-0.05, 0) is 37.1 Å². The van der Waals surface area contributed by atoms with Crippen LogP contribution in [0.4, 0.5) is 5.82 Å². The number of hydrazone groups is 1. The van der Waals surface area contributed by atoms with Crippen molar-refractivity contribution in [2.75, 3.05) is 19.1 Å². The lowest BCUT2D eigenvalue weighted by molar-refractivity contribution is 0.294. The summed E-state index contributed by atoms with van der Waals surface area (Å²) in [7, 11) is 1.60. The number of hydrogen-bond acceptors (Lipinski definition) is 7. The minimum absolute atomic E-state index is 0.306. The van der Waals surface area contributed by atoms with Gasteiger partial charge in [0.1, 0.15) is 5.69 Å². The Morgan fingerprint density at radius 1 is 1.39 bits per heavy atom. The molecule has 0 radical (unpaired) electrons. The molecule has 1 aromatic carbocycles. The van der Waals surface area contributed by atoms with Gasteiger partial charge in [0, 0.05) is 0 Å². The summed E-state index contributed by atoms with van der Waals surface area (Å²) in [5.74, 6) is 1.63. The highest BCUT2D eigenvalue weighted by Gasteiger charge is 2.05. The summed E-state index contributed by atoms with van der Waals surface area (Å²) in [6.07, 6.45) is 2.50. The zero-order valence-corrected chi connectivity index (χ0v) is 13.3. The molecule has 0 unspecified atom stereocenters. The van der Waals surface area contributed by atoms with Gasteiger partial charge in [0.2, 0.25) is 0 Å². The molecule has 0 aliphatic rings. The molecule has 0 aliphatic carbocycles. The van der Waals surface area contributed by atoms with Crippen LogP contribution in [0, 0.1) is 6.92 Å². The average Bonchev–Trinajstić information content (AvgIpc) is 2.56. The molecule has 0 saturated carbocycles. The fourth-order valence-corrected chi connectivity index (χ4v) is 1.76. The quantitative estimate of drug-likeness (QED) is 0.595. The summed E-state index contributed by atoms with van der Waals surface area (Å²) in [5.41, 5.74) is 3.53. The highest BCUT2D eigenvalue weighted by Crippen LogP contribution is 2.27. The molecule has 2 aromatic rings. The van der Waals surface area contributed by atoms with E-state index in [0.29, 0.717) is 29.6 Å². The Labute approximate surface area is 133 Å². The van der Waals surface area contributed by atoms with Gasteiger partial charge in [-0.1, -0.05) is 6.92 Å². The van der Waals surface area contributed by atoms with Gasteiger partial charge in [0.25, 0.3) is 0 Å². The lowest BCUT2D eigenvalue weighted by Crippen LogP contribution is -2.15. The number of aryl methyl sites for hydroxylation is 1. The number of nitrogens with zero attached hydrogens (tertiary/aromatic N) is 3. The highest BCUT2D eigenvalue weighted by atomic mass is 16.5. The first-order valence-electron chi connectivity index (χ1n) is 7.17. The van der Waals surface area contributed by atoms with Gasteiger partial charge in [-0.2, -0.15) is 15.2 Å². The second-order valence-corrected chi connectivity index (χ2v) is 4.70. The Morgan fingerprint density at radius 3 is 2.96 bits per heavy atom. The lowest BCUT2D eigenvalue weighted by Gasteiger charge is -2.10. The van der Waals surface area contributed by atoms with E-state index < -0.39 is 5.69 Å². The minimum atomic E-state index is -0.534. The third-order valence-electron chi connectivity index (χ3n) is 2.91. The minimum Gasteiger partial charge on any atom is -0.493 e. The average molecular weight is 317 g/mol. The molecule has 0 saturated heterocycles. The van der Waals surface area contributed by atoms with E-state index in [0.717, 1.165) is 12.0 Å². The lowest BCUT2D eigenvalue weighted by atomic mass is 10.2. The number of aromatic nitrogens is 3. The standard InChI is InChI=1S/C15H19N5O3/c1-4-7-23-13-8-11(5-6-12(13)22-3)9-16-19-14-10(2)18-20-15(21)17-14/h5-6,8-9H,4,7H2,1-3H3,(H2,17,19,20,21)/b16-9+. The number of methoxy groups -OCH3 is 1. The summed E-state index contributed by atoms with van der Waals surface area (Å²) >= 11 is 0. The van der Waals surface area contributed by atoms with Crippen molar-refractivity contribution in [3.05, 3.63) is 39.9 Å². The van der Waals surface area contributed by atoms with Crippen molar-refractivity contribution < 1.29 is 9.47 Å². The topological polar surface area (TPSA) is 101 Å². The smallest absolute Gasteiger partial charge is 0.363 e. The first-order valence-corrected chi connectivity index (χ1v) is 7.17. The third-order valence-corrected chi connectivity index (χ3v) is 2.91. The molecule has 23 heavy (non-hydrogen) atoms.